The van der Waals surface area contributed by atoms with E-state index >= 15 is 0 Å². The minimum absolute atomic E-state index is 0.154. The first kappa shape index (κ1) is 20.7. The highest BCUT2D eigenvalue weighted by Gasteiger charge is 2.28. The maximum absolute atomic E-state index is 12.5. The van der Waals surface area contributed by atoms with Gasteiger partial charge in [0, 0.05) is 23.7 Å². The Labute approximate surface area is 188 Å². The summed E-state index contributed by atoms with van der Waals surface area (Å²) in [6.07, 6.45) is 2.20. The Morgan fingerprint density at radius 1 is 1.28 bits per heavy atom. The highest BCUT2D eigenvalue weighted by molar-refractivity contribution is 8.00. The summed E-state index contributed by atoms with van der Waals surface area (Å²) < 4.78 is 17.2. The van der Waals surface area contributed by atoms with Gasteiger partial charge in [-0.3, -0.25) is 4.79 Å². The van der Waals surface area contributed by atoms with Crippen molar-refractivity contribution in [3.8, 4) is 5.75 Å². The molecule has 0 saturated heterocycles. The number of hydrogen-bond acceptors (Lipinski definition) is 8. The van der Waals surface area contributed by atoms with Crippen LogP contribution in [0.3, 0.4) is 0 Å². The van der Waals surface area contributed by atoms with Crippen LogP contribution >= 0.6 is 11.8 Å². The number of thioether (sulfide) groups is 1. The van der Waals surface area contributed by atoms with Gasteiger partial charge in [-0.2, -0.15) is 0 Å². The molecule has 4 aromatic rings. The molecule has 0 atom stereocenters. The number of anilines is 1. The maximum Gasteiger partial charge on any atom is 0.234 e. The summed E-state index contributed by atoms with van der Waals surface area (Å²) in [6.45, 7) is 4.61. The van der Waals surface area contributed by atoms with Crippen LogP contribution in [-0.4, -0.2) is 39.3 Å². The number of furan rings is 1. The van der Waals surface area contributed by atoms with Gasteiger partial charge in [0.15, 0.2) is 5.58 Å². The molecule has 1 aliphatic rings. The predicted octanol–water partition coefficient (Wildman–Crippen LogP) is 4.36. The minimum atomic E-state index is -0.253. The fraction of sp³-hybridized carbons (Fsp3) is 0.304. The van der Waals surface area contributed by atoms with Crippen molar-refractivity contribution >= 4 is 45.6 Å². The Hall–Kier alpha value is -3.17. The summed E-state index contributed by atoms with van der Waals surface area (Å²) in [4.78, 5) is 25.9. The number of pyridine rings is 1. The van der Waals surface area contributed by atoms with Gasteiger partial charge >= 0.3 is 0 Å². The van der Waals surface area contributed by atoms with E-state index in [-0.39, 0.29) is 17.3 Å². The zero-order valence-corrected chi connectivity index (χ0v) is 18.8. The summed E-state index contributed by atoms with van der Waals surface area (Å²) >= 11 is 1.29. The van der Waals surface area contributed by atoms with Gasteiger partial charge in [0.2, 0.25) is 11.6 Å². The standard InChI is InChI=1S/C23H22N4O4S/c1-23(2)9-17-13(10-30-23)7-16-19-20(31-21(16)27-17)22(25-12-24-19)32-11-18(28)26-14-5-4-6-15(8-14)29-3/h4-8,12H,9-11H2,1-3H3,(H,26,28). The molecule has 3 aromatic heterocycles. The van der Waals surface area contributed by atoms with E-state index in [9.17, 15) is 4.79 Å². The Kier molecular flexibility index (Phi) is 5.22. The van der Waals surface area contributed by atoms with Crippen molar-refractivity contribution < 1.29 is 18.7 Å². The molecule has 0 saturated carbocycles. The molecule has 9 heteroatoms. The summed E-state index contributed by atoms with van der Waals surface area (Å²) in [5.74, 6) is 0.699. The Bertz CT molecular complexity index is 1330. The van der Waals surface area contributed by atoms with Gasteiger partial charge in [-0.05, 0) is 32.0 Å². The van der Waals surface area contributed by atoms with Gasteiger partial charge in [0.1, 0.15) is 22.6 Å². The van der Waals surface area contributed by atoms with Crippen LogP contribution in [0.4, 0.5) is 5.69 Å². The molecule has 0 bridgehead atoms. The van der Waals surface area contributed by atoms with Crippen LogP contribution in [0.1, 0.15) is 25.1 Å². The second kappa shape index (κ2) is 8.07. The van der Waals surface area contributed by atoms with Crippen LogP contribution in [0.2, 0.25) is 0 Å². The van der Waals surface area contributed by atoms with Crippen molar-refractivity contribution in [2.45, 2.75) is 37.5 Å². The number of carbonyl (C=O) groups excluding carboxylic acids is 1. The van der Waals surface area contributed by atoms with E-state index in [4.69, 9.17) is 18.9 Å². The van der Waals surface area contributed by atoms with Crippen molar-refractivity contribution in [2.24, 2.45) is 0 Å². The molecule has 1 N–H and O–H groups in total. The number of carbonyl (C=O) groups is 1. The average Bonchev–Trinajstić information content (AvgIpc) is 3.13. The molecule has 0 unspecified atom stereocenters. The number of benzene rings is 1. The van der Waals surface area contributed by atoms with Gasteiger partial charge in [0.25, 0.3) is 0 Å². The topological polar surface area (TPSA) is 99.4 Å². The van der Waals surface area contributed by atoms with Gasteiger partial charge < -0.3 is 19.2 Å². The third kappa shape index (κ3) is 4.01. The van der Waals surface area contributed by atoms with Gasteiger partial charge in [0.05, 0.1) is 36.2 Å². The quantitative estimate of drug-likeness (QED) is 0.354. The first-order valence-electron chi connectivity index (χ1n) is 10.2. The first-order chi connectivity index (χ1) is 15.4. The number of nitrogens with one attached hydrogen (secondary N) is 1. The van der Waals surface area contributed by atoms with Crippen molar-refractivity contribution in [3.05, 3.63) is 47.9 Å². The molecule has 0 aliphatic carbocycles. The molecule has 1 amide bonds. The third-order valence-electron chi connectivity index (χ3n) is 5.29. The van der Waals surface area contributed by atoms with Crippen LogP contribution in [0.15, 0.2) is 46.1 Å². The molecule has 1 aromatic carbocycles. The van der Waals surface area contributed by atoms with E-state index in [2.05, 4.69) is 29.1 Å². The highest BCUT2D eigenvalue weighted by Crippen LogP contribution is 2.35. The van der Waals surface area contributed by atoms with E-state index in [1.165, 1.54) is 18.1 Å². The third-order valence-corrected chi connectivity index (χ3v) is 6.26. The molecule has 0 radical (unpaired) electrons. The lowest BCUT2D eigenvalue weighted by Crippen LogP contribution is -2.32. The number of aromatic nitrogens is 3. The lowest BCUT2D eigenvalue weighted by molar-refractivity contribution is -0.113. The Balaban J connectivity index is 1.39. The normalized spacial score (nSPS) is 15.0. The predicted molar refractivity (Wildman–Crippen MR) is 122 cm³/mol. The number of fused-ring (bicyclic) bond motifs is 4. The number of rotatable bonds is 5. The van der Waals surface area contributed by atoms with E-state index in [1.54, 1.807) is 13.2 Å². The molecule has 0 spiro atoms. The summed E-state index contributed by atoms with van der Waals surface area (Å²) in [6, 6.07) is 9.26. The smallest absolute Gasteiger partial charge is 0.234 e. The SMILES string of the molecule is COc1cccc(NC(=O)CSc2ncnc3c2oc2nc4c(cc23)COC(C)(C)C4)c1. The molecule has 5 rings (SSSR count). The van der Waals surface area contributed by atoms with Gasteiger partial charge in [-0.1, -0.05) is 17.8 Å². The zero-order chi connectivity index (χ0) is 22.3. The van der Waals surface area contributed by atoms with E-state index in [0.717, 1.165) is 16.6 Å². The average molecular weight is 451 g/mol. The van der Waals surface area contributed by atoms with Crippen LogP contribution < -0.4 is 10.1 Å². The van der Waals surface area contributed by atoms with Crippen LogP contribution in [0.5, 0.6) is 5.75 Å². The number of methoxy groups -OCH3 is 1. The molecular formula is C23H22N4O4S. The first-order valence-corrected chi connectivity index (χ1v) is 11.2. The fourth-order valence-corrected chi connectivity index (χ4v) is 4.43. The summed E-state index contributed by atoms with van der Waals surface area (Å²) in [7, 11) is 1.59. The van der Waals surface area contributed by atoms with Crippen molar-refractivity contribution in [1.82, 2.24) is 15.0 Å². The van der Waals surface area contributed by atoms with Crippen LogP contribution in [-0.2, 0) is 22.6 Å². The lowest BCUT2D eigenvalue weighted by Gasteiger charge is -2.30. The number of ether oxygens (including phenoxy) is 2. The molecule has 0 fully saturated rings. The van der Waals surface area contributed by atoms with E-state index in [0.29, 0.717) is 46.3 Å². The maximum atomic E-state index is 12.5. The minimum Gasteiger partial charge on any atom is -0.497 e. The van der Waals surface area contributed by atoms with Gasteiger partial charge in [-0.15, -0.1) is 0 Å². The monoisotopic (exact) mass is 450 g/mol. The number of amides is 1. The van der Waals surface area contributed by atoms with Crippen LogP contribution in [0.25, 0.3) is 22.2 Å². The molecule has 32 heavy (non-hydrogen) atoms. The fourth-order valence-electron chi connectivity index (χ4n) is 3.70. The van der Waals surface area contributed by atoms with E-state index < -0.39 is 0 Å². The van der Waals surface area contributed by atoms with Crippen LogP contribution in [0, 0.1) is 0 Å². The van der Waals surface area contributed by atoms with E-state index in [1.807, 2.05) is 24.3 Å². The molecule has 8 nitrogen and oxygen atoms in total. The van der Waals surface area contributed by atoms with Gasteiger partial charge in [-0.25, -0.2) is 15.0 Å². The Morgan fingerprint density at radius 3 is 3.00 bits per heavy atom. The molecule has 1 aliphatic heterocycles. The Morgan fingerprint density at radius 2 is 2.16 bits per heavy atom. The number of hydrogen-bond donors (Lipinski definition) is 1. The molecule has 4 heterocycles. The molecule has 164 valence electrons. The van der Waals surface area contributed by atoms with Crippen molar-refractivity contribution in [2.75, 3.05) is 18.2 Å². The molecular weight excluding hydrogens is 428 g/mol. The summed E-state index contributed by atoms with van der Waals surface area (Å²) in [5.41, 5.74) is 4.20. The summed E-state index contributed by atoms with van der Waals surface area (Å²) in [5, 5.41) is 4.29. The second-order valence-electron chi connectivity index (χ2n) is 8.20. The van der Waals surface area contributed by atoms with Crippen molar-refractivity contribution in [3.63, 3.8) is 0 Å². The largest absolute Gasteiger partial charge is 0.497 e. The lowest BCUT2D eigenvalue weighted by atomic mass is 9.95. The number of nitrogens with zero attached hydrogens (tertiary/aromatic N) is 3. The highest BCUT2D eigenvalue weighted by atomic mass is 32.2. The zero-order valence-electron chi connectivity index (χ0n) is 18.0. The van der Waals surface area contributed by atoms with Crippen molar-refractivity contribution in [1.29, 1.82) is 0 Å². The second-order valence-corrected chi connectivity index (χ2v) is 9.16.